The van der Waals surface area contributed by atoms with Gasteiger partial charge in [-0.15, -0.1) is 5.48 Å². The molecule has 0 saturated carbocycles. The molecule has 4 N–H and O–H groups in total. The Balaban J connectivity index is 2.82. The molecule has 1 aliphatic rings. The maximum atomic E-state index is 10.4. The zero-order valence-electron chi connectivity index (χ0n) is 5.42. The molecule has 0 fully saturated rings. The van der Waals surface area contributed by atoms with Gasteiger partial charge in [-0.1, -0.05) is 0 Å². The number of nitrogens with two attached hydrogens (primary N) is 1. The molecule has 5 heteroatoms. The van der Waals surface area contributed by atoms with Crippen molar-refractivity contribution in [2.45, 2.75) is 12.6 Å². The first-order valence-electron chi connectivity index (χ1n) is 2.70. The van der Waals surface area contributed by atoms with Gasteiger partial charge in [0.2, 0.25) is 5.66 Å². The van der Waals surface area contributed by atoms with Crippen LogP contribution in [0.1, 0.15) is 6.92 Å². The summed E-state index contributed by atoms with van der Waals surface area (Å²) in [6.07, 6.45) is 1.30. The third kappa shape index (κ3) is 0.960. The van der Waals surface area contributed by atoms with Gasteiger partial charge in [0.05, 0.1) is 0 Å². The Morgan fingerprint density at radius 2 is 2.60 bits per heavy atom. The molecule has 0 aromatic carbocycles. The second kappa shape index (κ2) is 1.96. The first-order chi connectivity index (χ1) is 4.54. The third-order valence-corrected chi connectivity index (χ3v) is 1.17. The first-order valence-corrected chi connectivity index (χ1v) is 2.70. The summed E-state index contributed by atoms with van der Waals surface area (Å²) in [4.78, 5) is 15.0. The van der Waals surface area contributed by atoms with Gasteiger partial charge in [-0.2, -0.15) is 0 Å². The van der Waals surface area contributed by atoms with E-state index in [-0.39, 0.29) is 0 Å². The third-order valence-electron chi connectivity index (χ3n) is 1.17. The van der Waals surface area contributed by atoms with Crippen molar-refractivity contribution in [2.24, 2.45) is 5.73 Å². The minimum Gasteiger partial charge on any atom is -0.479 e. The summed E-state index contributed by atoms with van der Waals surface area (Å²) in [5.41, 5.74) is 5.90. The Morgan fingerprint density at radius 3 is 2.80 bits per heavy atom. The predicted molar refractivity (Wildman–Crippen MR) is 32.5 cm³/mol. The number of carbonyl (C=O) groups is 1. The Morgan fingerprint density at radius 1 is 2.00 bits per heavy atom. The highest BCUT2D eigenvalue weighted by atomic mass is 16.7. The lowest BCUT2D eigenvalue weighted by Gasteiger charge is -2.13. The SMILES string of the molecule is CC1=CC(N)(C(=O)O)NO1. The quantitative estimate of drug-likeness (QED) is 0.447. The van der Waals surface area contributed by atoms with E-state index in [1.165, 1.54) is 6.08 Å². The molecular formula is C5H8N2O3. The monoisotopic (exact) mass is 144 g/mol. The highest BCUT2D eigenvalue weighted by Crippen LogP contribution is 2.11. The maximum absolute atomic E-state index is 10.4. The second-order valence-electron chi connectivity index (χ2n) is 2.13. The van der Waals surface area contributed by atoms with Crippen LogP contribution in [0.25, 0.3) is 0 Å². The number of nitrogens with one attached hydrogen (secondary N) is 1. The predicted octanol–water partition coefficient (Wildman–Crippen LogP) is -0.835. The second-order valence-corrected chi connectivity index (χ2v) is 2.13. The van der Waals surface area contributed by atoms with Crippen LogP contribution in [-0.4, -0.2) is 16.7 Å². The van der Waals surface area contributed by atoms with Crippen molar-refractivity contribution in [3.05, 3.63) is 11.8 Å². The van der Waals surface area contributed by atoms with Crippen LogP contribution in [-0.2, 0) is 9.63 Å². The van der Waals surface area contributed by atoms with Crippen LogP contribution in [0.4, 0.5) is 0 Å². The topological polar surface area (TPSA) is 84.6 Å². The Hall–Kier alpha value is -1.07. The van der Waals surface area contributed by atoms with Crippen LogP contribution in [0.15, 0.2) is 11.8 Å². The molecule has 1 rings (SSSR count). The minimum absolute atomic E-state index is 0.463. The molecular weight excluding hydrogens is 136 g/mol. The van der Waals surface area contributed by atoms with E-state index in [1.54, 1.807) is 6.92 Å². The highest BCUT2D eigenvalue weighted by Gasteiger charge is 2.36. The summed E-state index contributed by atoms with van der Waals surface area (Å²) in [6, 6.07) is 0. The van der Waals surface area contributed by atoms with Gasteiger partial charge >= 0.3 is 5.97 Å². The van der Waals surface area contributed by atoms with Gasteiger partial charge in [0.1, 0.15) is 5.76 Å². The van der Waals surface area contributed by atoms with Crippen molar-refractivity contribution < 1.29 is 14.7 Å². The van der Waals surface area contributed by atoms with E-state index in [1.807, 2.05) is 0 Å². The molecule has 1 heterocycles. The largest absolute Gasteiger partial charge is 0.479 e. The molecule has 56 valence electrons. The van der Waals surface area contributed by atoms with E-state index >= 15 is 0 Å². The van der Waals surface area contributed by atoms with Crippen LogP contribution >= 0.6 is 0 Å². The fourth-order valence-electron chi connectivity index (χ4n) is 0.650. The molecule has 1 unspecified atom stereocenters. The van der Waals surface area contributed by atoms with Crippen molar-refractivity contribution in [3.8, 4) is 0 Å². The molecule has 0 radical (unpaired) electrons. The number of aliphatic carboxylic acids is 1. The van der Waals surface area contributed by atoms with Gasteiger partial charge in [-0.05, 0) is 6.92 Å². The number of hydrogen-bond acceptors (Lipinski definition) is 4. The molecule has 0 aromatic rings. The van der Waals surface area contributed by atoms with Crippen molar-refractivity contribution in [1.29, 1.82) is 0 Å². The van der Waals surface area contributed by atoms with E-state index in [9.17, 15) is 4.79 Å². The Bertz CT molecular complexity index is 201. The molecule has 0 spiro atoms. The summed E-state index contributed by atoms with van der Waals surface area (Å²) in [5.74, 6) is -0.700. The molecule has 1 aliphatic heterocycles. The molecule has 0 bridgehead atoms. The molecule has 0 amide bonds. The molecule has 0 aromatic heterocycles. The fraction of sp³-hybridized carbons (Fsp3) is 0.400. The van der Waals surface area contributed by atoms with E-state index in [0.717, 1.165) is 0 Å². The minimum atomic E-state index is -1.55. The number of allylic oxidation sites excluding steroid dienone is 1. The smallest absolute Gasteiger partial charge is 0.346 e. The lowest BCUT2D eigenvalue weighted by atomic mass is 10.2. The summed E-state index contributed by atoms with van der Waals surface area (Å²) < 4.78 is 0. The lowest BCUT2D eigenvalue weighted by Crippen LogP contribution is -2.55. The van der Waals surface area contributed by atoms with E-state index in [2.05, 4.69) is 10.3 Å². The number of hydrogen-bond donors (Lipinski definition) is 3. The molecule has 0 aliphatic carbocycles. The summed E-state index contributed by atoms with van der Waals surface area (Å²) in [6.45, 7) is 1.62. The van der Waals surface area contributed by atoms with Gasteiger partial charge in [-0.25, -0.2) is 4.79 Å². The maximum Gasteiger partial charge on any atom is 0.346 e. The molecule has 1 atom stereocenters. The standard InChI is InChI=1S/C5H8N2O3/c1-3-2-5(6,4(8)9)7-10-3/h2,7H,6H2,1H3,(H,8,9). The normalized spacial score (nSPS) is 31.2. The first kappa shape index (κ1) is 7.04. The van der Waals surface area contributed by atoms with E-state index < -0.39 is 11.6 Å². The molecule has 5 nitrogen and oxygen atoms in total. The van der Waals surface area contributed by atoms with Crippen molar-refractivity contribution in [1.82, 2.24) is 5.48 Å². The number of hydroxylamine groups is 1. The summed E-state index contributed by atoms with van der Waals surface area (Å²) in [5, 5.41) is 8.48. The Kier molecular flexibility index (Phi) is 1.38. The van der Waals surface area contributed by atoms with Crippen LogP contribution in [0, 0.1) is 0 Å². The summed E-state index contributed by atoms with van der Waals surface area (Å²) >= 11 is 0. The number of carboxylic acids is 1. The Labute approximate surface area is 57.4 Å². The average Bonchev–Trinajstić information content (AvgIpc) is 2.13. The van der Waals surface area contributed by atoms with E-state index in [0.29, 0.717) is 5.76 Å². The number of carboxylic acid groups (broad SMARTS) is 1. The van der Waals surface area contributed by atoms with Crippen LogP contribution < -0.4 is 11.2 Å². The van der Waals surface area contributed by atoms with Crippen LogP contribution in [0.2, 0.25) is 0 Å². The van der Waals surface area contributed by atoms with Crippen molar-refractivity contribution in [2.75, 3.05) is 0 Å². The van der Waals surface area contributed by atoms with Gasteiger partial charge in [0.15, 0.2) is 0 Å². The van der Waals surface area contributed by atoms with Crippen LogP contribution in [0.5, 0.6) is 0 Å². The lowest BCUT2D eigenvalue weighted by molar-refractivity contribution is -0.145. The summed E-state index contributed by atoms with van der Waals surface area (Å²) in [7, 11) is 0. The zero-order chi connectivity index (χ0) is 7.78. The molecule has 10 heavy (non-hydrogen) atoms. The van der Waals surface area contributed by atoms with E-state index in [4.69, 9.17) is 10.8 Å². The van der Waals surface area contributed by atoms with Crippen molar-refractivity contribution >= 4 is 5.97 Å². The van der Waals surface area contributed by atoms with Gasteiger partial charge in [0.25, 0.3) is 0 Å². The van der Waals surface area contributed by atoms with Crippen molar-refractivity contribution in [3.63, 3.8) is 0 Å². The highest BCUT2D eigenvalue weighted by molar-refractivity contribution is 5.80. The van der Waals surface area contributed by atoms with Gasteiger partial charge < -0.3 is 9.94 Å². The fourth-order valence-corrected chi connectivity index (χ4v) is 0.650. The zero-order valence-corrected chi connectivity index (χ0v) is 5.42. The van der Waals surface area contributed by atoms with Gasteiger partial charge in [0, 0.05) is 6.08 Å². The molecule has 0 saturated heterocycles. The number of rotatable bonds is 1. The van der Waals surface area contributed by atoms with Crippen LogP contribution in [0.3, 0.4) is 0 Å². The van der Waals surface area contributed by atoms with Gasteiger partial charge in [-0.3, -0.25) is 5.73 Å². The average molecular weight is 144 g/mol.